The van der Waals surface area contributed by atoms with E-state index in [2.05, 4.69) is 21.2 Å². The zero-order valence-corrected chi connectivity index (χ0v) is 11.4. The Morgan fingerprint density at radius 1 is 1.33 bits per heavy atom. The molecule has 0 spiro atoms. The van der Waals surface area contributed by atoms with Gasteiger partial charge >= 0.3 is 0 Å². The first-order chi connectivity index (χ1) is 7.09. The fourth-order valence-electron chi connectivity index (χ4n) is 2.14. The number of carbonyl (C=O) groups excluding carboxylic acids is 1. The van der Waals surface area contributed by atoms with E-state index in [1.54, 1.807) is 0 Å². The van der Waals surface area contributed by atoms with E-state index in [4.69, 9.17) is 0 Å². The van der Waals surface area contributed by atoms with Crippen LogP contribution in [0, 0.1) is 11.3 Å². The van der Waals surface area contributed by atoms with Crippen LogP contribution < -0.4 is 5.32 Å². The van der Waals surface area contributed by atoms with Crippen molar-refractivity contribution < 1.29 is 4.79 Å². The van der Waals surface area contributed by atoms with Gasteiger partial charge in [0.1, 0.15) is 0 Å². The Bertz CT molecular complexity index is 210. The van der Waals surface area contributed by atoms with Crippen molar-refractivity contribution in [2.24, 2.45) is 11.3 Å². The van der Waals surface area contributed by atoms with Crippen LogP contribution in [0.15, 0.2) is 0 Å². The number of alkyl halides is 1. The maximum Gasteiger partial charge on any atom is 0.222 e. The van der Waals surface area contributed by atoms with Gasteiger partial charge in [-0.2, -0.15) is 0 Å². The molecule has 0 aliphatic heterocycles. The van der Waals surface area contributed by atoms with Gasteiger partial charge in [0.2, 0.25) is 5.91 Å². The molecule has 1 aliphatic carbocycles. The third-order valence-corrected chi connectivity index (χ3v) is 4.55. The number of amides is 1. The topological polar surface area (TPSA) is 29.1 Å². The van der Waals surface area contributed by atoms with Crippen LogP contribution in [0.4, 0.5) is 0 Å². The summed E-state index contributed by atoms with van der Waals surface area (Å²) in [5.41, 5.74) is 0.322. The molecule has 0 aromatic heterocycles. The fourth-order valence-corrected chi connectivity index (χ4v) is 2.90. The summed E-state index contributed by atoms with van der Waals surface area (Å²) in [6.07, 6.45) is 6.46. The molecule has 1 aliphatic rings. The van der Waals surface area contributed by atoms with Crippen molar-refractivity contribution in [3.8, 4) is 0 Å². The van der Waals surface area contributed by atoms with Gasteiger partial charge in [-0.25, -0.2) is 0 Å². The fraction of sp³-hybridized carbons (Fsp3) is 0.917. The van der Waals surface area contributed by atoms with E-state index < -0.39 is 0 Å². The maximum absolute atomic E-state index is 11.5. The zero-order valence-electron chi connectivity index (χ0n) is 9.81. The molecule has 0 aromatic carbocycles. The van der Waals surface area contributed by atoms with Gasteiger partial charge in [0.05, 0.1) is 0 Å². The summed E-state index contributed by atoms with van der Waals surface area (Å²) in [6, 6.07) is 0. The molecule has 2 nitrogen and oxygen atoms in total. The first-order valence-corrected chi connectivity index (χ1v) is 7.05. The summed E-state index contributed by atoms with van der Waals surface area (Å²) in [5, 5.41) is 4.09. The molecule has 1 fully saturated rings. The lowest BCUT2D eigenvalue weighted by molar-refractivity contribution is -0.124. The summed E-state index contributed by atoms with van der Waals surface area (Å²) in [4.78, 5) is 11.5. The molecule has 3 heteroatoms. The van der Waals surface area contributed by atoms with Crippen LogP contribution in [0.25, 0.3) is 0 Å². The molecule has 88 valence electrons. The Labute approximate surface area is 101 Å². The Balaban J connectivity index is 2.42. The lowest BCUT2D eigenvalue weighted by Gasteiger charge is -2.36. The molecular formula is C12H22BrNO. The normalized spacial score (nSPS) is 20.3. The molecule has 1 N–H and O–H groups in total. The second kappa shape index (κ2) is 5.88. The van der Waals surface area contributed by atoms with Crippen molar-refractivity contribution in [3.63, 3.8) is 0 Å². The lowest BCUT2D eigenvalue weighted by Crippen LogP contribution is -2.41. The van der Waals surface area contributed by atoms with Gasteiger partial charge in [-0.1, -0.05) is 49.0 Å². The van der Waals surface area contributed by atoms with E-state index in [1.807, 2.05) is 13.8 Å². The number of rotatable bonds is 4. The SMILES string of the molecule is CC(C)C(=O)NCC1(CBr)CCCCC1. The van der Waals surface area contributed by atoms with E-state index in [-0.39, 0.29) is 11.8 Å². The number of hydrogen-bond acceptors (Lipinski definition) is 1. The largest absolute Gasteiger partial charge is 0.355 e. The molecule has 0 aromatic rings. The average Bonchev–Trinajstić information content (AvgIpc) is 2.27. The summed E-state index contributed by atoms with van der Waals surface area (Å²) < 4.78 is 0. The molecule has 0 saturated heterocycles. The van der Waals surface area contributed by atoms with E-state index in [0.717, 1.165) is 11.9 Å². The Hall–Kier alpha value is -0.0500. The highest BCUT2D eigenvalue weighted by Crippen LogP contribution is 2.37. The van der Waals surface area contributed by atoms with Crippen molar-refractivity contribution in [3.05, 3.63) is 0 Å². The van der Waals surface area contributed by atoms with Crippen LogP contribution in [-0.2, 0) is 4.79 Å². The van der Waals surface area contributed by atoms with Crippen molar-refractivity contribution in [1.29, 1.82) is 0 Å². The van der Waals surface area contributed by atoms with Crippen molar-refractivity contribution in [1.82, 2.24) is 5.32 Å². The predicted molar refractivity (Wildman–Crippen MR) is 67.2 cm³/mol. The van der Waals surface area contributed by atoms with Gasteiger partial charge in [-0.05, 0) is 18.3 Å². The van der Waals surface area contributed by atoms with Crippen LogP contribution >= 0.6 is 15.9 Å². The molecule has 0 bridgehead atoms. The van der Waals surface area contributed by atoms with Crippen LogP contribution in [0.2, 0.25) is 0 Å². The Morgan fingerprint density at radius 2 is 1.93 bits per heavy atom. The van der Waals surface area contributed by atoms with Crippen LogP contribution in [0.3, 0.4) is 0 Å². The molecule has 0 heterocycles. The number of halogens is 1. The summed E-state index contributed by atoms with van der Waals surface area (Å²) in [6.45, 7) is 4.73. The molecule has 0 atom stereocenters. The van der Waals surface area contributed by atoms with Gasteiger partial charge in [0, 0.05) is 17.8 Å². The molecule has 15 heavy (non-hydrogen) atoms. The first kappa shape index (κ1) is 13.0. The summed E-state index contributed by atoms with van der Waals surface area (Å²) >= 11 is 3.60. The van der Waals surface area contributed by atoms with Gasteiger partial charge in [0.25, 0.3) is 0 Å². The second-order valence-corrected chi connectivity index (χ2v) is 5.63. The standard InChI is InChI=1S/C12H22BrNO/c1-10(2)11(15)14-9-12(8-13)6-4-3-5-7-12/h10H,3-9H2,1-2H3,(H,14,15). The quantitative estimate of drug-likeness (QED) is 0.785. The first-order valence-electron chi connectivity index (χ1n) is 5.93. The van der Waals surface area contributed by atoms with E-state index in [1.165, 1.54) is 32.1 Å². The minimum absolute atomic E-state index is 0.0981. The molecular weight excluding hydrogens is 254 g/mol. The van der Waals surface area contributed by atoms with Crippen LogP contribution in [0.5, 0.6) is 0 Å². The van der Waals surface area contributed by atoms with Gasteiger partial charge in [-0.15, -0.1) is 0 Å². The predicted octanol–water partition coefficient (Wildman–Crippen LogP) is 3.10. The zero-order chi connectivity index (χ0) is 11.3. The molecule has 1 saturated carbocycles. The van der Waals surface area contributed by atoms with Crippen molar-refractivity contribution >= 4 is 21.8 Å². The maximum atomic E-state index is 11.5. The summed E-state index contributed by atoms with van der Waals surface area (Å²) in [7, 11) is 0. The van der Waals surface area contributed by atoms with Crippen molar-refractivity contribution in [2.75, 3.05) is 11.9 Å². The van der Waals surface area contributed by atoms with E-state index in [9.17, 15) is 4.79 Å². The third kappa shape index (κ3) is 3.78. The lowest BCUT2D eigenvalue weighted by atomic mass is 9.75. The Morgan fingerprint density at radius 3 is 2.40 bits per heavy atom. The molecule has 0 radical (unpaired) electrons. The Kier molecular flexibility index (Phi) is 5.10. The average molecular weight is 276 g/mol. The van der Waals surface area contributed by atoms with Gasteiger partial charge < -0.3 is 5.32 Å². The van der Waals surface area contributed by atoms with E-state index >= 15 is 0 Å². The summed E-state index contributed by atoms with van der Waals surface area (Å²) in [5.74, 6) is 0.280. The highest BCUT2D eigenvalue weighted by atomic mass is 79.9. The number of hydrogen-bond donors (Lipinski definition) is 1. The van der Waals surface area contributed by atoms with Gasteiger partial charge in [0.15, 0.2) is 0 Å². The minimum atomic E-state index is 0.0981. The van der Waals surface area contributed by atoms with Crippen molar-refractivity contribution in [2.45, 2.75) is 46.0 Å². The number of carbonyl (C=O) groups is 1. The monoisotopic (exact) mass is 275 g/mol. The smallest absolute Gasteiger partial charge is 0.222 e. The highest BCUT2D eigenvalue weighted by molar-refractivity contribution is 9.09. The minimum Gasteiger partial charge on any atom is -0.355 e. The van der Waals surface area contributed by atoms with Crippen LogP contribution in [0.1, 0.15) is 46.0 Å². The second-order valence-electron chi connectivity index (χ2n) is 5.07. The highest BCUT2D eigenvalue weighted by Gasteiger charge is 2.31. The molecule has 1 rings (SSSR count). The van der Waals surface area contributed by atoms with Gasteiger partial charge in [-0.3, -0.25) is 4.79 Å². The number of nitrogens with one attached hydrogen (secondary N) is 1. The molecule has 1 amide bonds. The third-order valence-electron chi connectivity index (χ3n) is 3.36. The van der Waals surface area contributed by atoms with Crippen LogP contribution in [-0.4, -0.2) is 17.8 Å². The van der Waals surface area contributed by atoms with E-state index in [0.29, 0.717) is 5.41 Å². The molecule has 0 unspecified atom stereocenters.